The van der Waals surface area contributed by atoms with E-state index in [-0.39, 0.29) is 23.4 Å². The Hall–Kier alpha value is -3.78. The molecule has 7 heteroatoms. The number of likely N-dealkylation sites (tertiary alicyclic amines) is 1. The van der Waals surface area contributed by atoms with Gasteiger partial charge < -0.3 is 20.1 Å². The van der Waals surface area contributed by atoms with Crippen LogP contribution in [0.25, 0.3) is 11.0 Å². The number of allylic oxidation sites excluding steroid dienone is 2. The van der Waals surface area contributed by atoms with Crippen LogP contribution in [0.2, 0.25) is 0 Å². The van der Waals surface area contributed by atoms with Crippen molar-refractivity contribution in [3.63, 3.8) is 0 Å². The van der Waals surface area contributed by atoms with E-state index in [1.807, 2.05) is 65.2 Å². The minimum Gasteiger partial charge on any atom is -0.393 e. The number of imidazole rings is 1. The summed E-state index contributed by atoms with van der Waals surface area (Å²) >= 11 is 0. The SMILES string of the molecule is CC1=CCCC2(C)C(CCC2(O)CN2CCC(n3c(=O)[nH]c4ccccc43)CC2)c2ccc(cc2C(=O)c2ccccc2)CC(O)CC1. The van der Waals surface area contributed by atoms with E-state index in [0.717, 1.165) is 73.8 Å². The summed E-state index contributed by atoms with van der Waals surface area (Å²) in [5.74, 6) is 0.000258. The molecule has 0 spiro atoms. The summed E-state index contributed by atoms with van der Waals surface area (Å²) in [5.41, 5.74) is 4.97. The highest BCUT2D eigenvalue weighted by molar-refractivity contribution is 6.10. The van der Waals surface area contributed by atoms with Gasteiger partial charge in [-0.05, 0) is 100.0 Å². The molecule has 4 aliphatic rings. The van der Waals surface area contributed by atoms with E-state index in [9.17, 15) is 19.8 Å². The molecule has 1 aliphatic heterocycles. The number of aromatic amines is 1. The van der Waals surface area contributed by atoms with E-state index in [4.69, 9.17) is 0 Å². The summed E-state index contributed by atoms with van der Waals surface area (Å²) in [6.07, 6.45) is 8.64. The second-order valence-corrected chi connectivity index (χ2v) is 15.0. The molecule has 8 rings (SSSR count). The number of hydrogen-bond donors (Lipinski definition) is 3. The van der Waals surface area contributed by atoms with Crippen molar-refractivity contribution >= 4 is 16.8 Å². The number of carbonyl (C=O) groups is 1. The van der Waals surface area contributed by atoms with E-state index in [1.54, 1.807) is 0 Å². The lowest BCUT2D eigenvalue weighted by molar-refractivity contribution is -0.0870. The van der Waals surface area contributed by atoms with Crippen molar-refractivity contribution in [2.24, 2.45) is 5.41 Å². The summed E-state index contributed by atoms with van der Waals surface area (Å²) in [7, 11) is 0. The summed E-state index contributed by atoms with van der Waals surface area (Å²) in [6, 6.07) is 23.7. The maximum Gasteiger partial charge on any atom is 0.326 e. The Morgan fingerprint density at radius 3 is 2.50 bits per heavy atom. The third-order valence-electron chi connectivity index (χ3n) is 12.0. The maximum absolute atomic E-state index is 14.2. The lowest BCUT2D eigenvalue weighted by Crippen LogP contribution is -2.54. The summed E-state index contributed by atoms with van der Waals surface area (Å²) in [4.78, 5) is 32.5. The molecule has 7 nitrogen and oxygen atoms in total. The van der Waals surface area contributed by atoms with E-state index < -0.39 is 17.1 Å². The molecule has 4 atom stereocenters. The second-order valence-electron chi connectivity index (χ2n) is 15.0. The zero-order valence-electron chi connectivity index (χ0n) is 28.3. The van der Waals surface area contributed by atoms with Gasteiger partial charge in [-0.15, -0.1) is 0 Å². The van der Waals surface area contributed by atoms with E-state index >= 15 is 0 Å². The molecule has 1 saturated heterocycles. The number of benzene rings is 3. The number of ketones is 1. The van der Waals surface area contributed by atoms with Crippen LogP contribution < -0.4 is 5.69 Å². The standard InChI is InChI=1S/C41H49N3O4/c1-28-9-8-21-40(2)35(33-17-15-29(25-32(45)16-14-28)26-34(33)38(46)30-10-4-3-5-11-30)18-22-41(40,48)27-43-23-19-31(20-24-43)44-37-13-7-6-12-36(37)42-39(44)47/h3-7,9-13,15,17,26,31-32,35,45,48H,8,14,16,18-25,27H2,1-2H3,(H,42,47). The molecule has 3 aliphatic carbocycles. The normalized spacial score (nSPS) is 27.5. The Kier molecular flexibility index (Phi) is 9.05. The largest absolute Gasteiger partial charge is 0.393 e. The maximum atomic E-state index is 14.2. The summed E-state index contributed by atoms with van der Waals surface area (Å²) in [6.45, 7) is 6.60. The fourth-order valence-electron chi connectivity index (χ4n) is 9.08. The fourth-order valence-corrected chi connectivity index (χ4v) is 9.08. The van der Waals surface area contributed by atoms with Crippen LogP contribution in [-0.4, -0.2) is 61.8 Å². The Morgan fingerprint density at radius 2 is 1.71 bits per heavy atom. The van der Waals surface area contributed by atoms with E-state index in [1.165, 1.54) is 5.57 Å². The molecule has 2 fully saturated rings. The Balaban J connectivity index is 1.19. The van der Waals surface area contributed by atoms with Gasteiger partial charge >= 0.3 is 5.69 Å². The number of nitrogens with one attached hydrogen (secondary N) is 1. The molecule has 252 valence electrons. The van der Waals surface area contributed by atoms with Crippen molar-refractivity contribution in [3.8, 4) is 0 Å². The minimum absolute atomic E-state index is 0.00263. The Morgan fingerprint density at radius 1 is 0.958 bits per heavy atom. The monoisotopic (exact) mass is 647 g/mol. The van der Waals surface area contributed by atoms with Crippen molar-refractivity contribution in [3.05, 3.63) is 117 Å². The number of rotatable bonds is 5. The summed E-state index contributed by atoms with van der Waals surface area (Å²) < 4.78 is 1.93. The topological polar surface area (TPSA) is 98.6 Å². The van der Waals surface area contributed by atoms with Crippen molar-refractivity contribution < 1.29 is 15.0 Å². The lowest BCUT2D eigenvalue weighted by atomic mass is 9.64. The summed E-state index contributed by atoms with van der Waals surface area (Å²) in [5, 5.41) is 23.7. The molecular formula is C41H49N3O4. The second kappa shape index (κ2) is 13.3. The van der Waals surface area contributed by atoms with Crippen LogP contribution in [0.1, 0.15) is 104 Å². The quantitative estimate of drug-likeness (QED) is 0.161. The first kappa shape index (κ1) is 32.8. The molecular weight excluding hydrogens is 598 g/mol. The zero-order chi connectivity index (χ0) is 33.5. The van der Waals surface area contributed by atoms with Crippen LogP contribution in [0.5, 0.6) is 0 Å². The molecule has 4 aromatic rings. The Labute approximate surface area is 283 Å². The fraction of sp³-hybridized carbons (Fsp3) is 0.463. The number of aliphatic hydroxyl groups excluding tert-OH is 1. The average molecular weight is 648 g/mol. The van der Waals surface area contributed by atoms with Gasteiger partial charge in [0.25, 0.3) is 0 Å². The number of aromatic nitrogens is 2. The van der Waals surface area contributed by atoms with Crippen molar-refractivity contribution in [2.45, 2.75) is 95.3 Å². The van der Waals surface area contributed by atoms with Crippen molar-refractivity contribution in [1.29, 1.82) is 0 Å². The number of piperidine rings is 1. The van der Waals surface area contributed by atoms with Crippen LogP contribution in [0, 0.1) is 5.41 Å². The highest BCUT2D eigenvalue weighted by atomic mass is 16.3. The molecule has 0 radical (unpaired) electrons. The van der Waals surface area contributed by atoms with E-state index in [2.05, 4.69) is 41.9 Å². The number of hydrogen-bond acceptors (Lipinski definition) is 5. The average Bonchev–Trinajstić information content (AvgIpc) is 3.55. The first-order valence-electron chi connectivity index (χ1n) is 17.9. The number of fused-ring (bicyclic) bond motifs is 9. The molecule has 0 amide bonds. The lowest BCUT2D eigenvalue weighted by Gasteiger charge is -2.47. The van der Waals surface area contributed by atoms with Crippen molar-refractivity contribution in [1.82, 2.24) is 14.5 Å². The molecule has 3 aromatic carbocycles. The number of carbonyl (C=O) groups excluding carboxylic acids is 1. The van der Waals surface area contributed by atoms with Crippen LogP contribution in [0.4, 0.5) is 0 Å². The first-order valence-corrected chi connectivity index (χ1v) is 17.9. The van der Waals surface area contributed by atoms with Crippen LogP contribution in [0.3, 0.4) is 0 Å². The third kappa shape index (κ3) is 6.13. The van der Waals surface area contributed by atoms with Gasteiger partial charge in [0.2, 0.25) is 0 Å². The highest BCUT2D eigenvalue weighted by Crippen LogP contribution is 2.59. The van der Waals surface area contributed by atoms with Gasteiger partial charge in [-0.1, -0.05) is 73.2 Å². The van der Waals surface area contributed by atoms with Gasteiger partial charge in [0.1, 0.15) is 0 Å². The van der Waals surface area contributed by atoms with Crippen LogP contribution in [0.15, 0.2) is 89.2 Å². The number of aliphatic hydroxyl groups is 2. The molecule has 1 saturated carbocycles. The number of β-amino-alcohol motifs (C(OH)–C–C–N with tert-alkyl or cyclic N) is 1. The van der Waals surface area contributed by atoms with Gasteiger partial charge in [0, 0.05) is 42.2 Å². The first-order chi connectivity index (χ1) is 23.1. The van der Waals surface area contributed by atoms with Gasteiger partial charge in [-0.25, -0.2) is 4.79 Å². The van der Waals surface area contributed by atoms with E-state index in [0.29, 0.717) is 36.9 Å². The van der Waals surface area contributed by atoms with Gasteiger partial charge in [0.05, 0.1) is 22.7 Å². The number of H-pyrrole nitrogens is 1. The zero-order valence-corrected chi connectivity index (χ0v) is 28.3. The predicted octanol–water partition coefficient (Wildman–Crippen LogP) is 6.94. The number of para-hydroxylation sites is 2. The predicted molar refractivity (Wildman–Crippen MR) is 191 cm³/mol. The van der Waals surface area contributed by atoms with Crippen molar-refractivity contribution in [2.75, 3.05) is 19.6 Å². The van der Waals surface area contributed by atoms with Crippen LogP contribution in [-0.2, 0) is 6.42 Å². The van der Waals surface area contributed by atoms with Gasteiger partial charge in [-0.3, -0.25) is 9.36 Å². The highest BCUT2D eigenvalue weighted by Gasteiger charge is 2.57. The molecule has 3 N–H and O–H groups in total. The third-order valence-corrected chi connectivity index (χ3v) is 12.0. The molecule has 48 heavy (non-hydrogen) atoms. The molecule has 2 bridgehead atoms. The smallest absolute Gasteiger partial charge is 0.326 e. The van der Waals surface area contributed by atoms with Gasteiger partial charge in [-0.2, -0.15) is 0 Å². The minimum atomic E-state index is -0.942. The van der Waals surface area contributed by atoms with Gasteiger partial charge in [0.15, 0.2) is 5.78 Å². The molecule has 4 unspecified atom stereocenters. The Bertz CT molecular complexity index is 1870. The molecule has 2 heterocycles. The molecule has 1 aromatic heterocycles. The van der Waals surface area contributed by atoms with Crippen LogP contribution >= 0.6 is 0 Å². The number of nitrogens with zero attached hydrogens (tertiary/aromatic N) is 2.